The first kappa shape index (κ1) is 79.2. The number of alkyl halides is 1. The number of hydrogen-bond acceptors (Lipinski definition) is 20. The quantitative estimate of drug-likeness (QED) is 0.0150. The summed E-state index contributed by atoms with van der Waals surface area (Å²) in [6, 6.07) is 21.6. The summed E-state index contributed by atoms with van der Waals surface area (Å²) in [6.45, 7) is 24.3. The molecule has 0 unspecified atom stereocenters. The number of anilines is 2. The van der Waals surface area contributed by atoms with Gasteiger partial charge in [-0.1, -0.05) is 86.2 Å². The maximum Gasteiger partial charge on any atom is 0.358 e. The Morgan fingerprint density at radius 2 is 1.16 bits per heavy atom. The summed E-state index contributed by atoms with van der Waals surface area (Å²) in [7, 11) is 0.767. The van der Waals surface area contributed by atoms with Crippen LogP contribution in [0.2, 0.25) is 61.4 Å². The SMILES string of the molecule is COC(=O)C1=CCC=N1.COC(=O)c1cn(COCC[Si](C)(C)C)cn1.C[Si](C)(C)CCOCCl.Cc1cc(N)nc(C)c1CNC(=O)c1cn(Cc2ccc3ncc(Cl)cc3c2)c(CO)n1.Cc1cc(N)nc(C)c1CNC(=O)c1cnc(CO)n1Cc1ccc2ncc(Cl)cc2c1. The number of aliphatic hydroxyl groups excluding tert-OH is 2. The van der Waals surface area contributed by atoms with Gasteiger partial charge in [0.1, 0.15) is 66.4 Å². The van der Waals surface area contributed by atoms with Gasteiger partial charge in [0.05, 0.1) is 47.8 Å². The number of halogens is 3. The Morgan fingerprint density at radius 1 is 0.626 bits per heavy atom. The lowest BCUT2D eigenvalue weighted by Gasteiger charge is -2.15. The van der Waals surface area contributed by atoms with E-state index in [1.807, 2.05) is 76.2 Å². The number of hydrogen-bond donors (Lipinski definition) is 6. The summed E-state index contributed by atoms with van der Waals surface area (Å²) < 4.78 is 24.7. The van der Waals surface area contributed by atoms with Crippen LogP contribution in [0, 0.1) is 27.7 Å². The van der Waals surface area contributed by atoms with E-state index in [4.69, 9.17) is 55.7 Å². The lowest BCUT2D eigenvalue weighted by Crippen LogP contribution is -2.27. The Morgan fingerprint density at radius 3 is 1.66 bits per heavy atom. The van der Waals surface area contributed by atoms with Gasteiger partial charge < -0.3 is 65.0 Å². The summed E-state index contributed by atoms with van der Waals surface area (Å²) in [5.41, 5.74) is 21.7. The molecule has 7 aromatic heterocycles. The Hall–Kier alpha value is -8.78. The van der Waals surface area contributed by atoms with Gasteiger partial charge in [0.15, 0.2) is 5.69 Å². The first-order chi connectivity index (χ1) is 47.0. The Labute approximate surface area is 593 Å². The van der Waals surface area contributed by atoms with Gasteiger partial charge in [-0.15, -0.1) is 0 Å². The van der Waals surface area contributed by atoms with Crippen molar-refractivity contribution in [1.82, 2.24) is 59.2 Å². The lowest BCUT2D eigenvalue weighted by molar-refractivity contribution is -0.136. The van der Waals surface area contributed by atoms with Crippen molar-refractivity contribution in [1.29, 1.82) is 0 Å². The van der Waals surface area contributed by atoms with Crippen LogP contribution in [0.1, 0.15) is 94.3 Å². The van der Waals surface area contributed by atoms with Crippen LogP contribution in [0.4, 0.5) is 11.6 Å². The molecule has 8 N–H and O–H groups in total. The Balaban J connectivity index is 0.000000214. The van der Waals surface area contributed by atoms with Crippen LogP contribution in [0.25, 0.3) is 21.8 Å². The van der Waals surface area contributed by atoms with Gasteiger partial charge in [0.25, 0.3) is 11.8 Å². The molecule has 0 bridgehead atoms. The highest BCUT2D eigenvalue weighted by Gasteiger charge is 2.20. The normalized spacial score (nSPS) is 11.7. The van der Waals surface area contributed by atoms with E-state index >= 15 is 0 Å². The number of aliphatic imine (C=N–C) groups is 1. The van der Waals surface area contributed by atoms with Crippen LogP contribution < -0.4 is 22.1 Å². The second-order valence-electron chi connectivity index (χ2n) is 25.3. The van der Waals surface area contributed by atoms with Crippen molar-refractivity contribution in [3.8, 4) is 0 Å². The molecule has 99 heavy (non-hydrogen) atoms. The van der Waals surface area contributed by atoms with Crippen molar-refractivity contribution in [3.63, 3.8) is 0 Å². The third kappa shape index (κ3) is 25.2. The van der Waals surface area contributed by atoms with Crippen molar-refractivity contribution in [2.45, 2.75) is 132 Å². The molecule has 528 valence electrons. The molecule has 1 aliphatic rings. The van der Waals surface area contributed by atoms with Crippen LogP contribution in [-0.2, 0) is 69.9 Å². The number of rotatable bonds is 23. The Kier molecular flexibility index (Phi) is 30.4. The highest BCUT2D eigenvalue weighted by Crippen LogP contribution is 2.23. The molecule has 0 fully saturated rings. The van der Waals surface area contributed by atoms with Gasteiger partial charge in [-0.25, -0.2) is 34.5 Å². The highest BCUT2D eigenvalue weighted by atomic mass is 35.5. The van der Waals surface area contributed by atoms with Crippen LogP contribution in [0.5, 0.6) is 0 Å². The number of carbonyl (C=O) groups is 4. The molecule has 8 heterocycles. The number of nitrogens with two attached hydrogens (primary N) is 2. The molecular weight excluding hydrogens is 1360 g/mol. The first-order valence-electron chi connectivity index (χ1n) is 31.6. The fourth-order valence-corrected chi connectivity index (χ4v) is 11.6. The second-order valence-corrected chi connectivity index (χ2v) is 37.6. The van der Waals surface area contributed by atoms with Gasteiger partial charge in [-0.05, 0) is 128 Å². The number of methoxy groups -OCH3 is 2. The van der Waals surface area contributed by atoms with Gasteiger partial charge in [0.2, 0.25) is 0 Å². The molecule has 0 spiro atoms. The average Bonchev–Trinajstić information content (AvgIpc) is 1.80. The third-order valence-electron chi connectivity index (χ3n) is 15.0. The first-order valence-corrected chi connectivity index (χ1v) is 40.3. The molecule has 30 heteroatoms. The number of carbonyl (C=O) groups excluding carboxylic acids is 4. The molecule has 0 saturated heterocycles. The number of nitrogens with one attached hydrogen (secondary N) is 2. The van der Waals surface area contributed by atoms with E-state index in [2.05, 4.69) is 99.3 Å². The molecule has 2 amide bonds. The average molecular weight is 1450 g/mol. The van der Waals surface area contributed by atoms with Crippen molar-refractivity contribution >= 4 is 114 Å². The van der Waals surface area contributed by atoms with Gasteiger partial charge in [-0.3, -0.25) is 24.5 Å². The molecule has 0 aliphatic carbocycles. The lowest BCUT2D eigenvalue weighted by atomic mass is 10.1. The Bertz CT molecular complexity index is 4250. The predicted octanol–water partition coefficient (Wildman–Crippen LogP) is 11.3. The van der Waals surface area contributed by atoms with E-state index in [1.54, 1.807) is 69.2 Å². The van der Waals surface area contributed by atoms with Crippen LogP contribution >= 0.6 is 34.8 Å². The number of amides is 2. The zero-order valence-electron chi connectivity index (χ0n) is 58.0. The maximum absolute atomic E-state index is 13.0. The van der Waals surface area contributed by atoms with Gasteiger partial charge in [0, 0.05) is 115 Å². The number of nitrogens with zero attached hydrogens (tertiary/aromatic N) is 11. The number of fused-ring (bicyclic) bond motifs is 2. The summed E-state index contributed by atoms with van der Waals surface area (Å²) >= 11 is 17.4. The molecule has 10 rings (SSSR count). The molecule has 0 radical (unpaired) electrons. The second kappa shape index (κ2) is 38.0. The molecular formula is C69H88Cl3N15O10Si2. The number of aromatic nitrogens is 10. The third-order valence-corrected chi connectivity index (χ3v) is 19.0. The minimum atomic E-state index is -1.04. The number of imidazole rings is 3. The molecule has 0 atom stereocenters. The van der Waals surface area contributed by atoms with E-state index in [9.17, 15) is 29.4 Å². The number of benzene rings is 2. The van der Waals surface area contributed by atoms with E-state index in [0.29, 0.717) is 89.4 Å². The monoisotopic (exact) mass is 1450 g/mol. The number of aryl methyl sites for hydroxylation is 4. The minimum Gasteiger partial charge on any atom is -0.464 e. The summed E-state index contributed by atoms with van der Waals surface area (Å²) in [5, 5.41) is 28.2. The van der Waals surface area contributed by atoms with E-state index in [0.717, 1.165) is 92.3 Å². The van der Waals surface area contributed by atoms with Crippen molar-refractivity contribution in [2.75, 3.05) is 45.0 Å². The molecule has 1 aliphatic heterocycles. The fourth-order valence-electron chi connectivity index (χ4n) is 9.67. The number of ether oxygens (including phenoxy) is 4. The zero-order chi connectivity index (χ0) is 72.6. The van der Waals surface area contributed by atoms with E-state index in [1.165, 1.54) is 26.5 Å². The molecule has 0 saturated carbocycles. The minimum absolute atomic E-state index is 0.235. The summed E-state index contributed by atoms with van der Waals surface area (Å²) in [5.74, 6) is 0.305. The van der Waals surface area contributed by atoms with Crippen LogP contribution in [-0.4, -0.2) is 138 Å². The maximum atomic E-state index is 13.0. The number of pyridine rings is 4. The van der Waals surface area contributed by atoms with E-state index < -0.39 is 22.1 Å². The van der Waals surface area contributed by atoms with Gasteiger partial charge in [-0.2, -0.15) is 0 Å². The molecule has 25 nitrogen and oxygen atoms in total. The predicted molar refractivity (Wildman–Crippen MR) is 392 cm³/mol. The largest absolute Gasteiger partial charge is 0.464 e. The topological polar surface area (TPSA) is 339 Å². The number of allylic oxidation sites excluding steroid dienone is 1. The summed E-state index contributed by atoms with van der Waals surface area (Å²) in [4.78, 5) is 80.8. The smallest absolute Gasteiger partial charge is 0.358 e. The summed E-state index contributed by atoms with van der Waals surface area (Å²) in [6.07, 6.45) is 13.7. The van der Waals surface area contributed by atoms with Crippen LogP contribution in [0.15, 0.2) is 115 Å². The fraction of sp³-hybridized carbons (Fsp3) is 0.362. The zero-order valence-corrected chi connectivity index (χ0v) is 62.2. The van der Waals surface area contributed by atoms with Crippen molar-refractivity contribution in [3.05, 3.63) is 193 Å². The number of aliphatic hydroxyl groups is 2. The number of esters is 2. The molecule has 2 aromatic carbocycles. The van der Waals surface area contributed by atoms with Crippen LogP contribution in [0.3, 0.4) is 0 Å². The van der Waals surface area contributed by atoms with Gasteiger partial charge >= 0.3 is 11.9 Å². The van der Waals surface area contributed by atoms with Crippen molar-refractivity contribution < 1.29 is 48.3 Å². The van der Waals surface area contributed by atoms with Crippen molar-refractivity contribution in [2.24, 2.45) is 4.99 Å². The van der Waals surface area contributed by atoms with E-state index in [-0.39, 0.29) is 36.7 Å². The number of nitrogen functional groups attached to an aromatic ring is 2. The molecule has 9 aromatic rings. The standard InChI is InChI=1S/2C23H23ClN6O2.C11H20N2O3Si.C6H15ClOSi.C6H7NO2/c1-13-5-21(25)29-14(2)18(13)9-28-23(32)20-10-27-22(12-31)30(20)11-15-3-4-19-16(6-15)7-17(24)8-26-19;1-13-5-21(25)28-14(2)18(13)9-27-23(32)20-11-30(22(12-31)29-20)10-15-3-4-19-16(6-15)7-17(24)8-26-19;1-15-11(14)10-7-13(8-12-10)9-16-5-6-17(2,3)4;1-9(2,3)5-4-8-6-7;1-9-6(8)5-3-2-4-7-5/h3-8,10,31H,9,11-12H2,1-2H3,(H2,25,29)(H,28,32);3-8,11,31H,9-10,12H2,1-2H3,(H2,25,28)(H,27,32);7-8H,5-6,9H2,1-4H3;4-6H2,1-3H3;3-4H,2H2,1H3. The highest BCUT2D eigenvalue weighted by molar-refractivity contribution is 6.76.